The van der Waals surface area contributed by atoms with Crippen molar-refractivity contribution in [1.29, 1.82) is 0 Å². The maximum absolute atomic E-state index is 12.6. The van der Waals surface area contributed by atoms with Gasteiger partial charge in [-0.2, -0.15) is 0 Å². The van der Waals surface area contributed by atoms with Crippen molar-refractivity contribution in [3.63, 3.8) is 0 Å². The highest BCUT2D eigenvalue weighted by molar-refractivity contribution is 6.05. The van der Waals surface area contributed by atoms with Gasteiger partial charge in [-0.25, -0.2) is 4.98 Å². The summed E-state index contributed by atoms with van der Waals surface area (Å²) in [6.45, 7) is 2.37. The fraction of sp³-hybridized carbons (Fsp3) is 0.348. The summed E-state index contributed by atoms with van der Waals surface area (Å²) < 4.78 is 5.85. The first-order chi connectivity index (χ1) is 13.6. The van der Waals surface area contributed by atoms with E-state index < -0.39 is 0 Å². The molecular formula is C23H22N2O3. The van der Waals surface area contributed by atoms with Crippen LogP contribution in [0.4, 0.5) is 0 Å². The van der Waals surface area contributed by atoms with Crippen molar-refractivity contribution in [1.82, 2.24) is 9.88 Å². The second-order valence-electron chi connectivity index (χ2n) is 7.95. The zero-order valence-electron chi connectivity index (χ0n) is 15.9. The number of likely N-dealkylation sites (tertiary alicyclic amines) is 1. The van der Waals surface area contributed by atoms with Gasteiger partial charge in [0.05, 0.1) is 18.4 Å². The third-order valence-corrected chi connectivity index (χ3v) is 6.02. The summed E-state index contributed by atoms with van der Waals surface area (Å²) in [5.74, 6) is 0.403. The number of aromatic nitrogens is 1. The highest BCUT2D eigenvalue weighted by atomic mass is 16.3. The number of fused-ring (bicyclic) bond motifs is 2. The number of imide groups is 1. The van der Waals surface area contributed by atoms with Crippen LogP contribution in [0.3, 0.4) is 0 Å². The highest BCUT2D eigenvalue weighted by Crippen LogP contribution is 2.38. The third-order valence-electron chi connectivity index (χ3n) is 6.02. The van der Waals surface area contributed by atoms with Crippen molar-refractivity contribution in [2.75, 3.05) is 0 Å². The third kappa shape index (κ3) is 2.82. The van der Waals surface area contributed by atoms with Gasteiger partial charge in [0.25, 0.3) is 0 Å². The van der Waals surface area contributed by atoms with E-state index >= 15 is 0 Å². The summed E-state index contributed by atoms with van der Waals surface area (Å²) in [5.41, 5.74) is 4.57. The van der Waals surface area contributed by atoms with Crippen molar-refractivity contribution in [2.24, 2.45) is 11.8 Å². The van der Waals surface area contributed by atoms with Crippen LogP contribution in [0.5, 0.6) is 0 Å². The van der Waals surface area contributed by atoms with Gasteiger partial charge in [-0.1, -0.05) is 31.0 Å². The number of hydrogen-bond donors (Lipinski definition) is 0. The van der Waals surface area contributed by atoms with Gasteiger partial charge in [0.15, 0.2) is 5.58 Å². The van der Waals surface area contributed by atoms with Gasteiger partial charge in [0, 0.05) is 5.56 Å². The van der Waals surface area contributed by atoms with Gasteiger partial charge >= 0.3 is 0 Å². The van der Waals surface area contributed by atoms with E-state index in [1.807, 2.05) is 49.4 Å². The number of rotatable bonds is 3. The van der Waals surface area contributed by atoms with Crippen LogP contribution in [0.25, 0.3) is 22.6 Å². The first kappa shape index (κ1) is 17.2. The van der Waals surface area contributed by atoms with Crippen LogP contribution in [0, 0.1) is 18.8 Å². The van der Waals surface area contributed by atoms with Crippen LogP contribution >= 0.6 is 0 Å². The first-order valence-electron chi connectivity index (χ1n) is 9.92. The molecule has 1 saturated heterocycles. The normalized spacial score (nSPS) is 22.1. The molecule has 5 heteroatoms. The van der Waals surface area contributed by atoms with E-state index in [1.54, 1.807) is 0 Å². The molecule has 2 heterocycles. The quantitative estimate of drug-likeness (QED) is 0.634. The van der Waals surface area contributed by atoms with E-state index in [0.29, 0.717) is 12.4 Å². The fourth-order valence-electron chi connectivity index (χ4n) is 4.48. The van der Waals surface area contributed by atoms with Gasteiger partial charge in [-0.3, -0.25) is 14.5 Å². The Hall–Kier alpha value is -2.95. The number of hydrogen-bond acceptors (Lipinski definition) is 4. The lowest BCUT2D eigenvalue weighted by molar-refractivity contribution is -0.140. The maximum atomic E-state index is 12.6. The predicted molar refractivity (Wildman–Crippen MR) is 105 cm³/mol. The second-order valence-corrected chi connectivity index (χ2v) is 7.95. The summed E-state index contributed by atoms with van der Waals surface area (Å²) in [6.07, 6.45) is 3.79. The van der Waals surface area contributed by atoms with Gasteiger partial charge in [-0.15, -0.1) is 0 Å². The Bertz CT molecular complexity index is 1040. The molecule has 2 fully saturated rings. The lowest BCUT2D eigenvalue weighted by atomic mass is 9.81. The number of aryl methyl sites for hydroxylation is 1. The van der Waals surface area contributed by atoms with Crippen molar-refractivity contribution in [3.05, 3.63) is 53.6 Å². The number of oxazole rings is 1. The van der Waals surface area contributed by atoms with E-state index in [0.717, 1.165) is 53.5 Å². The average Bonchev–Trinajstić information content (AvgIpc) is 3.23. The van der Waals surface area contributed by atoms with Gasteiger partial charge in [0.1, 0.15) is 5.52 Å². The van der Waals surface area contributed by atoms with Crippen LogP contribution in [0.15, 0.2) is 46.9 Å². The van der Waals surface area contributed by atoms with Gasteiger partial charge in [0.2, 0.25) is 17.7 Å². The van der Waals surface area contributed by atoms with Crippen molar-refractivity contribution >= 4 is 22.9 Å². The summed E-state index contributed by atoms with van der Waals surface area (Å²) in [4.78, 5) is 31.3. The van der Waals surface area contributed by atoms with Gasteiger partial charge < -0.3 is 4.42 Å². The lowest BCUT2D eigenvalue weighted by Crippen LogP contribution is -2.30. The Morgan fingerprint density at radius 1 is 1.00 bits per heavy atom. The van der Waals surface area contributed by atoms with E-state index in [1.165, 1.54) is 4.90 Å². The Morgan fingerprint density at radius 2 is 1.68 bits per heavy atom. The molecule has 0 bridgehead atoms. The molecule has 2 aromatic carbocycles. The molecule has 0 spiro atoms. The summed E-state index contributed by atoms with van der Waals surface area (Å²) >= 11 is 0. The topological polar surface area (TPSA) is 63.4 Å². The molecule has 0 N–H and O–H groups in total. The summed E-state index contributed by atoms with van der Waals surface area (Å²) in [5, 5.41) is 0. The number of benzene rings is 2. The molecule has 142 valence electrons. The predicted octanol–water partition coefficient (Wildman–Crippen LogP) is 4.48. The standard InChI is InChI=1S/C23H22N2O3/c1-14-6-11-20-19(12-14)24-21(28-20)16-9-7-15(8-10-16)13-25-22(26)17-4-2-3-5-18(17)23(25)27/h6-12,17-18H,2-5,13H2,1H3. The second kappa shape index (κ2) is 6.59. The minimum absolute atomic E-state index is 0.00750. The Kier molecular flexibility index (Phi) is 4.04. The molecule has 1 aliphatic heterocycles. The monoisotopic (exact) mass is 374 g/mol. The Balaban J connectivity index is 1.36. The molecule has 2 aliphatic rings. The van der Waals surface area contributed by atoms with Crippen molar-refractivity contribution < 1.29 is 14.0 Å². The minimum atomic E-state index is -0.0938. The van der Waals surface area contributed by atoms with Crippen molar-refractivity contribution in [2.45, 2.75) is 39.2 Å². The zero-order chi connectivity index (χ0) is 19.3. The minimum Gasteiger partial charge on any atom is -0.436 e. The molecule has 1 aliphatic carbocycles. The van der Waals surface area contributed by atoms with Crippen LogP contribution in [-0.2, 0) is 16.1 Å². The van der Waals surface area contributed by atoms with Crippen molar-refractivity contribution in [3.8, 4) is 11.5 Å². The maximum Gasteiger partial charge on any atom is 0.233 e. The van der Waals surface area contributed by atoms with Crippen LogP contribution < -0.4 is 0 Å². The number of carbonyl (C=O) groups excluding carboxylic acids is 2. The zero-order valence-corrected chi connectivity index (χ0v) is 15.9. The molecule has 1 saturated carbocycles. The lowest BCUT2D eigenvalue weighted by Gasteiger charge is -2.19. The van der Waals surface area contributed by atoms with E-state index in [4.69, 9.17) is 4.42 Å². The molecule has 1 aromatic heterocycles. The number of amides is 2. The Labute approximate surface area is 163 Å². The van der Waals surface area contributed by atoms with Gasteiger partial charge in [-0.05, 0) is 55.2 Å². The molecule has 0 radical (unpaired) electrons. The molecule has 3 aromatic rings. The fourth-order valence-corrected chi connectivity index (χ4v) is 4.48. The number of nitrogens with zero attached hydrogens (tertiary/aromatic N) is 2. The van der Waals surface area contributed by atoms with E-state index in [-0.39, 0.29) is 23.7 Å². The van der Waals surface area contributed by atoms with E-state index in [2.05, 4.69) is 4.98 Å². The SMILES string of the molecule is Cc1ccc2oc(-c3ccc(CN4C(=O)C5CCCCC5C4=O)cc3)nc2c1. The molecule has 5 rings (SSSR count). The molecule has 2 atom stereocenters. The van der Waals surface area contributed by atoms with Crippen LogP contribution in [0.1, 0.15) is 36.8 Å². The molecular weight excluding hydrogens is 352 g/mol. The van der Waals surface area contributed by atoms with E-state index in [9.17, 15) is 9.59 Å². The summed E-state index contributed by atoms with van der Waals surface area (Å²) in [7, 11) is 0. The number of carbonyl (C=O) groups is 2. The smallest absolute Gasteiger partial charge is 0.233 e. The van der Waals surface area contributed by atoms with Crippen LogP contribution in [0.2, 0.25) is 0 Å². The molecule has 5 nitrogen and oxygen atoms in total. The largest absolute Gasteiger partial charge is 0.436 e. The molecule has 28 heavy (non-hydrogen) atoms. The first-order valence-corrected chi connectivity index (χ1v) is 9.92. The summed E-state index contributed by atoms with van der Waals surface area (Å²) in [6, 6.07) is 13.7. The Morgan fingerprint density at radius 3 is 2.36 bits per heavy atom. The molecule has 2 unspecified atom stereocenters. The average molecular weight is 374 g/mol. The highest BCUT2D eigenvalue weighted by Gasteiger charge is 2.47. The molecule has 2 amide bonds. The van der Waals surface area contributed by atoms with Crippen LogP contribution in [-0.4, -0.2) is 21.7 Å².